The Morgan fingerprint density at radius 2 is 1.30 bits per heavy atom. The van der Waals surface area contributed by atoms with Gasteiger partial charge in [-0.15, -0.1) is 0 Å². The van der Waals surface area contributed by atoms with Crippen LogP contribution in [-0.2, 0) is 32.7 Å². The summed E-state index contributed by atoms with van der Waals surface area (Å²) in [6, 6.07) is 0. The first-order valence-electron chi connectivity index (χ1n) is 15.8. The number of unbranched alkanes of at least 4 members (excludes halogenated alkanes) is 6. The molecule has 0 N–H and O–H groups in total. The number of likely N-dealkylation sites (N-methyl/N-ethyl adjacent to an activating group) is 1. The van der Waals surface area contributed by atoms with Gasteiger partial charge in [0, 0.05) is 12.8 Å². The quantitative estimate of drug-likeness (QED) is 0.0315. The zero-order valence-electron chi connectivity index (χ0n) is 27.4. The number of quaternary nitrogens is 1. The smallest absolute Gasteiger partial charge is 0.306 e. The molecule has 0 aromatic rings. The SMILES string of the molecule is CC/C=C\C/C=C\C/C=C\C/C=C\CCCCCCCCC(=O)OC(COC(=O)CC)COP(=O)([O-])OCC[N+](C)(C)C. The van der Waals surface area contributed by atoms with Crippen molar-refractivity contribution < 1.29 is 42.1 Å². The number of hydrogen-bond donors (Lipinski definition) is 0. The fraction of sp³-hybridized carbons (Fsp3) is 0.697. The molecule has 0 radical (unpaired) electrons. The van der Waals surface area contributed by atoms with Crippen molar-refractivity contribution in [2.45, 2.75) is 103 Å². The summed E-state index contributed by atoms with van der Waals surface area (Å²) in [7, 11) is 1.13. The summed E-state index contributed by atoms with van der Waals surface area (Å²) in [6.07, 6.45) is 28.1. The van der Waals surface area contributed by atoms with Crippen LogP contribution in [-0.4, -0.2) is 70.0 Å². The predicted octanol–water partition coefficient (Wildman–Crippen LogP) is 6.99. The number of allylic oxidation sites excluding steroid dienone is 8. The molecule has 2 atom stereocenters. The molecule has 9 nitrogen and oxygen atoms in total. The molecular weight excluding hydrogens is 569 g/mol. The number of phosphoric acid groups is 1. The van der Waals surface area contributed by atoms with Crippen molar-refractivity contribution in [3.8, 4) is 0 Å². The Hall–Kier alpha value is -2.03. The molecule has 0 heterocycles. The van der Waals surface area contributed by atoms with Crippen LogP contribution in [0.25, 0.3) is 0 Å². The summed E-state index contributed by atoms with van der Waals surface area (Å²) in [5, 5.41) is 0. The molecule has 0 spiro atoms. The van der Waals surface area contributed by atoms with Gasteiger partial charge < -0.3 is 27.9 Å². The lowest BCUT2D eigenvalue weighted by Crippen LogP contribution is -2.37. The Morgan fingerprint density at radius 1 is 0.744 bits per heavy atom. The summed E-state index contributed by atoms with van der Waals surface area (Å²) in [5.41, 5.74) is 0. The fourth-order valence-electron chi connectivity index (χ4n) is 3.62. The second kappa shape index (κ2) is 26.4. The van der Waals surface area contributed by atoms with Gasteiger partial charge in [0.25, 0.3) is 7.82 Å². The van der Waals surface area contributed by atoms with Gasteiger partial charge in [-0.1, -0.05) is 88.1 Å². The number of hydrogen-bond acceptors (Lipinski definition) is 8. The van der Waals surface area contributed by atoms with Crippen LogP contribution in [0.2, 0.25) is 0 Å². The van der Waals surface area contributed by atoms with Crippen LogP contribution in [0.5, 0.6) is 0 Å². The van der Waals surface area contributed by atoms with Crippen molar-refractivity contribution in [1.29, 1.82) is 0 Å². The summed E-state index contributed by atoms with van der Waals surface area (Å²) in [5.74, 6) is -0.959. The van der Waals surface area contributed by atoms with E-state index in [1.165, 1.54) is 0 Å². The third-order valence-electron chi connectivity index (χ3n) is 6.17. The summed E-state index contributed by atoms with van der Waals surface area (Å²) in [6.45, 7) is 3.45. The molecule has 43 heavy (non-hydrogen) atoms. The minimum absolute atomic E-state index is 0.0377. The van der Waals surface area contributed by atoms with Crippen molar-refractivity contribution >= 4 is 19.8 Å². The monoisotopic (exact) mass is 627 g/mol. The molecule has 0 rings (SSSR count). The van der Waals surface area contributed by atoms with Crippen molar-refractivity contribution in [3.05, 3.63) is 48.6 Å². The molecule has 0 saturated heterocycles. The van der Waals surface area contributed by atoms with Gasteiger partial charge in [-0.25, -0.2) is 0 Å². The lowest BCUT2D eigenvalue weighted by molar-refractivity contribution is -0.870. The van der Waals surface area contributed by atoms with Gasteiger partial charge >= 0.3 is 11.9 Å². The minimum Gasteiger partial charge on any atom is -0.756 e. The highest BCUT2D eigenvalue weighted by molar-refractivity contribution is 7.45. The highest BCUT2D eigenvalue weighted by atomic mass is 31.2. The molecule has 248 valence electrons. The number of phosphoric ester groups is 1. The van der Waals surface area contributed by atoms with Crippen LogP contribution in [0.15, 0.2) is 48.6 Å². The number of ether oxygens (including phenoxy) is 2. The standard InChI is InChI=1S/C33H58NO8P/c1-6-8-9-10-11-12-13-14-15-16-17-18-19-20-21-22-23-24-25-26-33(36)42-31(29-39-32(35)7-2)30-41-43(37,38)40-28-27-34(3,4)5/h8-9,11-12,14-15,17-18,31H,6-7,10,13,16,19-30H2,1-5H3/b9-8-,12-11-,15-14-,18-17-. The molecule has 0 aliphatic heterocycles. The van der Waals surface area contributed by atoms with Gasteiger partial charge in [0.05, 0.1) is 27.7 Å². The zero-order chi connectivity index (χ0) is 32.2. The highest BCUT2D eigenvalue weighted by Gasteiger charge is 2.21. The number of carbonyl (C=O) groups is 2. The van der Waals surface area contributed by atoms with Gasteiger partial charge in [0.15, 0.2) is 6.10 Å². The first-order chi connectivity index (χ1) is 20.5. The summed E-state index contributed by atoms with van der Waals surface area (Å²) in [4.78, 5) is 36.0. The third kappa shape index (κ3) is 29.8. The lowest BCUT2D eigenvalue weighted by Gasteiger charge is -2.28. The Labute approximate surface area is 261 Å². The summed E-state index contributed by atoms with van der Waals surface area (Å²) < 4.78 is 32.8. The number of carbonyl (C=O) groups excluding carboxylic acids is 2. The van der Waals surface area contributed by atoms with Gasteiger partial charge in [-0.05, 0) is 44.9 Å². The van der Waals surface area contributed by atoms with Crippen molar-refractivity contribution in [3.63, 3.8) is 0 Å². The molecule has 0 bridgehead atoms. The first kappa shape index (κ1) is 41.0. The number of esters is 2. The van der Waals surface area contributed by atoms with E-state index >= 15 is 0 Å². The second-order valence-electron chi connectivity index (χ2n) is 11.4. The average molecular weight is 628 g/mol. The Morgan fingerprint density at radius 3 is 1.88 bits per heavy atom. The summed E-state index contributed by atoms with van der Waals surface area (Å²) >= 11 is 0. The van der Waals surface area contributed by atoms with Crippen LogP contribution in [0.4, 0.5) is 0 Å². The van der Waals surface area contributed by atoms with Gasteiger partial charge in [-0.2, -0.15) is 0 Å². The molecule has 0 aliphatic rings. The molecule has 0 aromatic heterocycles. The second-order valence-corrected chi connectivity index (χ2v) is 12.8. The van der Waals surface area contributed by atoms with Gasteiger partial charge in [-0.3, -0.25) is 14.2 Å². The lowest BCUT2D eigenvalue weighted by atomic mass is 10.1. The van der Waals surface area contributed by atoms with E-state index in [0.717, 1.165) is 64.2 Å². The van der Waals surface area contributed by atoms with Crippen LogP contribution in [0.3, 0.4) is 0 Å². The topological polar surface area (TPSA) is 111 Å². The van der Waals surface area contributed by atoms with Crippen LogP contribution >= 0.6 is 7.82 Å². The number of nitrogens with zero attached hydrogens (tertiary/aromatic N) is 1. The normalized spacial score (nSPS) is 14.7. The first-order valence-corrected chi connectivity index (χ1v) is 17.3. The van der Waals surface area contributed by atoms with E-state index in [1.54, 1.807) is 6.92 Å². The predicted molar refractivity (Wildman–Crippen MR) is 171 cm³/mol. The van der Waals surface area contributed by atoms with Crippen molar-refractivity contribution in [2.75, 3.05) is 47.5 Å². The Kier molecular flexibility index (Phi) is 25.1. The van der Waals surface area contributed by atoms with Crippen molar-refractivity contribution in [2.24, 2.45) is 0 Å². The van der Waals surface area contributed by atoms with Gasteiger partial charge in [0.1, 0.15) is 19.8 Å². The molecule has 10 heteroatoms. The average Bonchev–Trinajstić information content (AvgIpc) is 2.94. The maximum atomic E-state index is 12.3. The Balaban J connectivity index is 4.10. The van der Waals surface area contributed by atoms with Crippen LogP contribution in [0, 0.1) is 0 Å². The molecule has 0 saturated carbocycles. The van der Waals surface area contributed by atoms with Crippen LogP contribution < -0.4 is 4.89 Å². The third-order valence-corrected chi connectivity index (χ3v) is 7.13. The molecule has 0 amide bonds. The van der Waals surface area contributed by atoms with Gasteiger partial charge in [0.2, 0.25) is 0 Å². The maximum absolute atomic E-state index is 12.3. The van der Waals surface area contributed by atoms with E-state index in [9.17, 15) is 19.0 Å². The molecular formula is C33H58NO8P. The fourth-order valence-corrected chi connectivity index (χ4v) is 4.35. The van der Waals surface area contributed by atoms with Crippen LogP contribution in [0.1, 0.15) is 97.3 Å². The largest absolute Gasteiger partial charge is 0.756 e. The number of rotatable bonds is 27. The molecule has 0 aliphatic carbocycles. The molecule has 0 fully saturated rings. The zero-order valence-corrected chi connectivity index (χ0v) is 28.3. The van der Waals surface area contributed by atoms with E-state index in [0.29, 0.717) is 17.4 Å². The van der Waals surface area contributed by atoms with E-state index in [1.807, 2.05) is 21.1 Å². The van der Waals surface area contributed by atoms with Crippen molar-refractivity contribution in [1.82, 2.24) is 0 Å². The Bertz CT molecular complexity index is 892. The maximum Gasteiger partial charge on any atom is 0.306 e. The molecule has 0 aromatic carbocycles. The van der Waals surface area contributed by atoms with E-state index < -0.39 is 32.5 Å². The molecule has 2 unspecified atom stereocenters. The van der Waals surface area contributed by atoms with E-state index in [4.69, 9.17) is 18.5 Å². The van der Waals surface area contributed by atoms with E-state index in [-0.39, 0.29) is 26.1 Å². The van der Waals surface area contributed by atoms with E-state index in [2.05, 4.69) is 55.5 Å². The highest BCUT2D eigenvalue weighted by Crippen LogP contribution is 2.38. The minimum atomic E-state index is -4.59.